The molecule has 2 aliphatic rings. The molecule has 2 aliphatic heterocycles. The molecule has 2 aromatic heterocycles. The number of likely N-dealkylation sites (tertiary alicyclic amines) is 1. The fraction of sp³-hybridized carbons (Fsp3) is 0.417. The van der Waals surface area contributed by atoms with Gasteiger partial charge in [-0.3, -0.25) is 9.59 Å². The lowest BCUT2D eigenvalue weighted by Crippen LogP contribution is -2.44. The summed E-state index contributed by atoms with van der Waals surface area (Å²) in [5.74, 6) is -2.36. The van der Waals surface area contributed by atoms with Crippen molar-refractivity contribution in [3.05, 3.63) is 52.9 Å². The highest BCUT2D eigenvalue weighted by molar-refractivity contribution is 6.29. The number of alkyl halides is 3. The van der Waals surface area contributed by atoms with E-state index in [9.17, 15) is 22.8 Å². The van der Waals surface area contributed by atoms with E-state index < -0.39 is 30.0 Å². The molecule has 36 heavy (non-hydrogen) atoms. The van der Waals surface area contributed by atoms with Gasteiger partial charge >= 0.3 is 6.18 Å². The van der Waals surface area contributed by atoms with E-state index >= 15 is 0 Å². The quantitative estimate of drug-likeness (QED) is 0.486. The van der Waals surface area contributed by atoms with Gasteiger partial charge in [-0.15, -0.1) is 0 Å². The van der Waals surface area contributed by atoms with Crippen molar-refractivity contribution in [3.63, 3.8) is 0 Å². The van der Waals surface area contributed by atoms with Gasteiger partial charge in [-0.2, -0.15) is 18.3 Å². The van der Waals surface area contributed by atoms with Gasteiger partial charge in [0.05, 0.1) is 17.6 Å². The van der Waals surface area contributed by atoms with Crippen LogP contribution in [-0.2, 0) is 16.0 Å². The third-order valence-corrected chi connectivity index (χ3v) is 7.09. The van der Waals surface area contributed by atoms with E-state index in [-0.39, 0.29) is 12.0 Å². The number of rotatable bonds is 4. The first-order chi connectivity index (χ1) is 17.1. The van der Waals surface area contributed by atoms with E-state index in [1.165, 1.54) is 24.1 Å². The number of halogens is 4. The SMILES string of the molecule is CN1CC[C@@H](C(=O)N(C)[C@@H](c2ccc(N3CCCc4c3cnc3cc(Cl)nn43)cc2)C(F)(F)F)C1=O. The largest absolute Gasteiger partial charge is 0.413 e. The lowest BCUT2D eigenvalue weighted by molar-refractivity contribution is -0.190. The second kappa shape index (κ2) is 8.95. The molecule has 0 spiro atoms. The zero-order valence-corrected chi connectivity index (χ0v) is 20.4. The molecule has 0 saturated carbocycles. The van der Waals surface area contributed by atoms with Gasteiger partial charge in [0, 0.05) is 38.9 Å². The average Bonchev–Trinajstić information content (AvgIpc) is 3.39. The van der Waals surface area contributed by atoms with Gasteiger partial charge in [-0.25, -0.2) is 9.50 Å². The minimum atomic E-state index is -4.72. The van der Waals surface area contributed by atoms with Gasteiger partial charge < -0.3 is 14.7 Å². The van der Waals surface area contributed by atoms with Crippen LogP contribution >= 0.6 is 11.6 Å². The summed E-state index contributed by atoms with van der Waals surface area (Å²) in [6.07, 6.45) is -1.21. The molecule has 190 valence electrons. The number of fused-ring (bicyclic) bond motifs is 3. The van der Waals surface area contributed by atoms with Crippen molar-refractivity contribution in [1.29, 1.82) is 0 Å². The van der Waals surface area contributed by atoms with E-state index in [0.29, 0.717) is 34.5 Å². The topological polar surface area (TPSA) is 74.1 Å². The molecule has 1 saturated heterocycles. The highest BCUT2D eigenvalue weighted by Gasteiger charge is 2.48. The first-order valence-electron chi connectivity index (χ1n) is 11.6. The Morgan fingerprint density at radius 1 is 1.22 bits per heavy atom. The van der Waals surface area contributed by atoms with E-state index in [0.717, 1.165) is 31.3 Å². The molecule has 8 nitrogen and oxygen atoms in total. The summed E-state index contributed by atoms with van der Waals surface area (Å²) in [4.78, 5) is 33.5. The molecule has 4 heterocycles. The Hall–Kier alpha value is -3.34. The van der Waals surface area contributed by atoms with Crippen molar-refractivity contribution >= 4 is 40.4 Å². The van der Waals surface area contributed by atoms with Crippen molar-refractivity contribution in [2.24, 2.45) is 5.92 Å². The second-order valence-electron chi connectivity index (χ2n) is 9.17. The second-order valence-corrected chi connectivity index (χ2v) is 9.56. The standard InChI is InChI=1S/C24H24ClF3N6O2/c1-31-11-9-16(22(31)35)23(36)32(2)21(24(26,27)28)14-5-7-15(8-6-14)33-10-3-4-17-18(33)13-29-20-12-19(25)30-34(17)20/h5-8,12-13,16,21H,3-4,9-11H2,1-2H3/t16-,21+/m1/s1. The first kappa shape index (κ1) is 24.4. The molecule has 0 N–H and O–H groups in total. The molecule has 0 unspecified atom stereocenters. The minimum absolute atomic E-state index is 0.0782. The van der Waals surface area contributed by atoms with Gasteiger partial charge in [0.2, 0.25) is 11.8 Å². The van der Waals surface area contributed by atoms with Gasteiger partial charge in [0.15, 0.2) is 16.8 Å². The maximum Gasteiger partial charge on any atom is 0.413 e. The summed E-state index contributed by atoms with van der Waals surface area (Å²) in [5, 5.41) is 4.63. The number of amides is 2. The first-order valence-corrected chi connectivity index (χ1v) is 11.9. The smallest absolute Gasteiger partial charge is 0.345 e. The summed E-state index contributed by atoms with van der Waals surface area (Å²) < 4.78 is 44.1. The molecule has 0 bridgehead atoms. The number of benzene rings is 1. The summed E-state index contributed by atoms with van der Waals surface area (Å²) in [6, 6.07) is 5.48. The predicted molar refractivity (Wildman–Crippen MR) is 127 cm³/mol. The van der Waals surface area contributed by atoms with Gasteiger partial charge in [-0.1, -0.05) is 23.7 Å². The fourth-order valence-electron chi connectivity index (χ4n) is 5.09. The Kier molecular flexibility index (Phi) is 6.06. The Balaban J connectivity index is 1.44. The van der Waals surface area contributed by atoms with Crippen LogP contribution in [0.15, 0.2) is 36.5 Å². The number of carbonyl (C=O) groups is 2. The molecule has 5 rings (SSSR count). The monoisotopic (exact) mass is 520 g/mol. The van der Waals surface area contributed by atoms with Crippen LogP contribution in [0.1, 0.15) is 30.1 Å². The van der Waals surface area contributed by atoms with Gasteiger partial charge in [0.1, 0.15) is 5.92 Å². The number of anilines is 2. The lowest BCUT2D eigenvalue weighted by Gasteiger charge is -2.33. The summed E-state index contributed by atoms with van der Waals surface area (Å²) >= 11 is 6.04. The Morgan fingerprint density at radius 2 is 1.94 bits per heavy atom. The minimum Gasteiger partial charge on any atom is -0.345 e. The molecule has 3 aromatic rings. The molecule has 0 aliphatic carbocycles. The van der Waals surface area contributed by atoms with Gasteiger partial charge in [-0.05, 0) is 37.0 Å². The number of aromatic nitrogens is 3. The zero-order chi connectivity index (χ0) is 25.8. The maximum atomic E-state index is 14.2. The highest BCUT2D eigenvalue weighted by atomic mass is 35.5. The third-order valence-electron chi connectivity index (χ3n) is 6.91. The highest BCUT2D eigenvalue weighted by Crippen LogP contribution is 2.40. The predicted octanol–water partition coefficient (Wildman–Crippen LogP) is 4.01. The summed E-state index contributed by atoms with van der Waals surface area (Å²) in [5.41, 5.74) is 2.98. The van der Waals surface area contributed by atoms with Crippen LogP contribution in [0.2, 0.25) is 5.15 Å². The maximum absolute atomic E-state index is 14.2. The van der Waals surface area contributed by atoms with Crippen LogP contribution in [0, 0.1) is 5.92 Å². The van der Waals surface area contributed by atoms with Crippen molar-refractivity contribution in [1.82, 2.24) is 24.4 Å². The molecule has 2 atom stereocenters. The number of carbonyl (C=O) groups excluding carboxylic acids is 2. The van der Waals surface area contributed by atoms with Crippen LogP contribution in [0.4, 0.5) is 24.5 Å². The van der Waals surface area contributed by atoms with Crippen molar-refractivity contribution in [2.75, 3.05) is 32.1 Å². The molecule has 1 fully saturated rings. The van der Waals surface area contributed by atoms with Crippen LogP contribution in [0.3, 0.4) is 0 Å². The number of aryl methyl sites for hydroxylation is 1. The lowest BCUT2D eigenvalue weighted by atomic mass is 10.0. The normalized spacial score (nSPS) is 19.1. The van der Waals surface area contributed by atoms with Crippen LogP contribution in [0.5, 0.6) is 0 Å². The molecule has 2 amide bonds. The molecule has 0 radical (unpaired) electrons. The van der Waals surface area contributed by atoms with Crippen LogP contribution in [0.25, 0.3) is 5.65 Å². The van der Waals surface area contributed by atoms with Gasteiger partial charge in [0.25, 0.3) is 0 Å². The molecule has 1 aromatic carbocycles. The average molecular weight is 521 g/mol. The van der Waals surface area contributed by atoms with Crippen molar-refractivity contribution in [3.8, 4) is 0 Å². The number of nitrogens with zero attached hydrogens (tertiary/aromatic N) is 6. The third kappa shape index (κ3) is 4.15. The summed E-state index contributed by atoms with van der Waals surface area (Å²) in [7, 11) is 2.64. The number of hydrogen-bond donors (Lipinski definition) is 0. The Morgan fingerprint density at radius 3 is 2.58 bits per heavy atom. The molecular formula is C24H24ClF3N6O2. The van der Waals surface area contributed by atoms with Crippen molar-refractivity contribution in [2.45, 2.75) is 31.5 Å². The Labute approximate surface area is 210 Å². The van der Waals surface area contributed by atoms with E-state index in [2.05, 4.69) is 10.1 Å². The van der Waals surface area contributed by atoms with Crippen molar-refractivity contribution < 1.29 is 22.8 Å². The number of hydrogen-bond acceptors (Lipinski definition) is 5. The van der Waals surface area contributed by atoms with E-state index in [1.54, 1.807) is 28.9 Å². The molecule has 12 heteroatoms. The summed E-state index contributed by atoms with van der Waals surface area (Å²) in [6.45, 7) is 1.00. The fourth-order valence-corrected chi connectivity index (χ4v) is 5.26. The zero-order valence-electron chi connectivity index (χ0n) is 19.7. The Bertz CT molecular complexity index is 1330. The van der Waals surface area contributed by atoms with E-state index in [4.69, 9.17) is 11.6 Å². The van der Waals surface area contributed by atoms with Crippen LogP contribution in [-0.4, -0.2) is 69.6 Å². The van der Waals surface area contributed by atoms with Crippen LogP contribution < -0.4 is 4.90 Å². The van der Waals surface area contributed by atoms with E-state index in [1.807, 2.05) is 4.90 Å². The molecular weight excluding hydrogens is 497 g/mol.